The fourth-order valence-electron chi connectivity index (χ4n) is 2.73. The maximum absolute atomic E-state index is 12.1. The number of nitrogens with two attached hydrogens (primary N) is 1. The molecule has 0 aromatic carbocycles. The van der Waals surface area contributed by atoms with Crippen molar-refractivity contribution in [1.29, 1.82) is 0 Å². The van der Waals surface area contributed by atoms with Gasteiger partial charge in [-0.1, -0.05) is 20.8 Å². The third-order valence-corrected chi connectivity index (χ3v) is 4.56. The largest absolute Gasteiger partial charge is 0.395 e. The first-order valence-corrected chi connectivity index (χ1v) is 7.60. The minimum Gasteiger partial charge on any atom is -0.395 e. The van der Waals surface area contributed by atoms with Gasteiger partial charge in [0, 0.05) is 6.54 Å². The molecule has 1 aliphatic rings. The van der Waals surface area contributed by atoms with Gasteiger partial charge in [0.2, 0.25) is 0 Å². The van der Waals surface area contributed by atoms with E-state index in [2.05, 4.69) is 29.4 Å². The molecule has 118 valence electrons. The van der Waals surface area contributed by atoms with Crippen molar-refractivity contribution < 1.29 is 9.90 Å². The highest BCUT2D eigenvalue weighted by molar-refractivity contribution is 5.97. The predicted molar refractivity (Wildman–Crippen MR) is 81.9 cm³/mol. The number of nitrogen functional groups attached to an aromatic ring is 1. The van der Waals surface area contributed by atoms with E-state index in [1.54, 1.807) is 0 Å². The summed E-state index contributed by atoms with van der Waals surface area (Å²) < 4.78 is 0. The molecule has 5 N–H and O–H groups in total. The highest BCUT2D eigenvalue weighted by Gasteiger charge is 2.37. The summed E-state index contributed by atoms with van der Waals surface area (Å²) in [7, 11) is 0. The number of aliphatic hydroxyl groups is 1. The summed E-state index contributed by atoms with van der Waals surface area (Å²) >= 11 is 0. The topological polar surface area (TPSA) is 104 Å². The van der Waals surface area contributed by atoms with Gasteiger partial charge in [-0.25, -0.2) is 0 Å². The van der Waals surface area contributed by atoms with Crippen molar-refractivity contribution >= 4 is 11.6 Å². The SMILES string of the molecule is CCc1[nH]nc(C(=O)NCC2(O)CCC(C)(C)CC2)c1N. The van der Waals surface area contributed by atoms with Crippen LogP contribution in [0.5, 0.6) is 0 Å². The number of H-pyrrole nitrogens is 1. The van der Waals surface area contributed by atoms with E-state index in [9.17, 15) is 9.90 Å². The summed E-state index contributed by atoms with van der Waals surface area (Å²) in [6.45, 7) is 6.61. The highest BCUT2D eigenvalue weighted by atomic mass is 16.3. The van der Waals surface area contributed by atoms with Crippen LogP contribution in [0.2, 0.25) is 0 Å². The van der Waals surface area contributed by atoms with Gasteiger partial charge >= 0.3 is 0 Å². The number of hydrogen-bond acceptors (Lipinski definition) is 4. The molecule has 0 atom stereocenters. The molecular formula is C15H26N4O2. The lowest BCUT2D eigenvalue weighted by Crippen LogP contribution is -2.46. The Hall–Kier alpha value is -1.56. The molecule has 0 aliphatic heterocycles. The zero-order valence-corrected chi connectivity index (χ0v) is 13.1. The number of nitrogens with zero attached hydrogens (tertiary/aromatic N) is 1. The minimum absolute atomic E-state index is 0.214. The number of aryl methyl sites for hydroxylation is 1. The molecule has 1 aliphatic carbocycles. The minimum atomic E-state index is -0.816. The number of hydrogen-bond donors (Lipinski definition) is 4. The Morgan fingerprint density at radius 3 is 2.52 bits per heavy atom. The lowest BCUT2D eigenvalue weighted by atomic mass is 9.71. The smallest absolute Gasteiger partial charge is 0.274 e. The summed E-state index contributed by atoms with van der Waals surface area (Å²) in [5, 5.41) is 20.0. The fourth-order valence-corrected chi connectivity index (χ4v) is 2.73. The fraction of sp³-hybridized carbons (Fsp3) is 0.733. The van der Waals surface area contributed by atoms with Crippen molar-refractivity contribution in [2.24, 2.45) is 5.41 Å². The molecule has 21 heavy (non-hydrogen) atoms. The maximum Gasteiger partial charge on any atom is 0.274 e. The molecule has 1 aromatic heterocycles. The molecule has 2 rings (SSSR count). The second-order valence-electron chi connectivity index (χ2n) is 6.89. The van der Waals surface area contributed by atoms with Gasteiger partial charge in [-0.2, -0.15) is 5.10 Å². The monoisotopic (exact) mass is 294 g/mol. The normalized spacial score (nSPS) is 20.2. The molecule has 6 nitrogen and oxygen atoms in total. The quantitative estimate of drug-likeness (QED) is 0.677. The third kappa shape index (κ3) is 3.56. The first kappa shape index (κ1) is 15.8. The molecular weight excluding hydrogens is 268 g/mol. The molecule has 0 spiro atoms. The van der Waals surface area contributed by atoms with Crippen LogP contribution < -0.4 is 11.1 Å². The number of rotatable bonds is 4. The maximum atomic E-state index is 12.1. The van der Waals surface area contributed by atoms with E-state index in [1.807, 2.05) is 6.92 Å². The van der Waals surface area contributed by atoms with Gasteiger partial charge in [0.05, 0.1) is 17.0 Å². The zero-order chi connectivity index (χ0) is 15.7. The summed E-state index contributed by atoms with van der Waals surface area (Å²) in [4.78, 5) is 12.1. The van der Waals surface area contributed by atoms with Crippen molar-refractivity contribution in [1.82, 2.24) is 15.5 Å². The van der Waals surface area contributed by atoms with E-state index in [4.69, 9.17) is 5.73 Å². The average Bonchev–Trinajstić information content (AvgIpc) is 2.81. The predicted octanol–water partition coefficient (Wildman–Crippen LogP) is 1.62. The van der Waals surface area contributed by atoms with Crippen molar-refractivity contribution in [2.75, 3.05) is 12.3 Å². The molecule has 0 unspecified atom stereocenters. The molecule has 0 bridgehead atoms. The van der Waals surface area contributed by atoms with Gasteiger partial charge in [-0.3, -0.25) is 9.89 Å². The highest BCUT2D eigenvalue weighted by Crippen LogP contribution is 2.39. The zero-order valence-electron chi connectivity index (χ0n) is 13.1. The Balaban J connectivity index is 1.93. The third-order valence-electron chi connectivity index (χ3n) is 4.56. The van der Waals surface area contributed by atoms with Crippen LogP contribution in [-0.2, 0) is 6.42 Å². The van der Waals surface area contributed by atoms with Crippen molar-refractivity contribution in [3.63, 3.8) is 0 Å². The van der Waals surface area contributed by atoms with Gasteiger partial charge in [-0.15, -0.1) is 0 Å². The van der Waals surface area contributed by atoms with Gasteiger partial charge in [0.15, 0.2) is 5.69 Å². The summed E-state index contributed by atoms with van der Waals surface area (Å²) in [6.07, 6.45) is 4.03. The summed E-state index contributed by atoms with van der Waals surface area (Å²) in [5.74, 6) is -0.332. The van der Waals surface area contributed by atoms with Crippen molar-refractivity contribution in [2.45, 2.75) is 58.5 Å². The van der Waals surface area contributed by atoms with E-state index in [0.717, 1.165) is 18.5 Å². The lowest BCUT2D eigenvalue weighted by Gasteiger charge is -2.40. The van der Waals surface area contributed by atoms with Crippen LogP contribution in [0, 0.1) is 5.41 Å². The number of aromatic amines is 1. The Morgan fingerprint density at radius 1 is 1.38 bits per heavy atom. The molecule has 1 saturated carbocycles. The van der Waals surface area contributed by atoms with Crippen LogP contribution in [0.4, 0.5) is 5.69 Å². The molecule has 1 amide bonds. The number of anilines is 1. The van der Waals surface area contributed by atoms with E-state index < -0.39 is 5.60 Å². The second kappa shape index (κ2) is 5.67. The number of amides is 1. The van der Waals surface area contributed by atoms with Crippen LogP contribution in [0.3, 0.4) is 0 Å². The first-order valence-electron chi connectivity index (χ1n) is 7.60. The van der Waals surface area contributed by atoms with Crippen LogP contribution in [0.1, 0.15) is 62.6 Å². The summed E-state index contributed by atoms with van der Waals surface area (Å²) in [5.41, 5.74) is 6.71. The van der Waals surface area contributed by atoms with Gasteiger partial charge in [-0.05, 0) is 37.5 Å². The number of nitrogens with one attached hydrogen (secondary N) is 2. The number of carbonyl (C=O) groups excluding carboxylic acids is 1. The first-order chi connectivity index (χ1) is 9.76. The Morgan fingerprint density at radius 2 is 2.00 bits per heavy atom. The second-order valence-corrected chi connectivity index (χ2v) is 6.89. The molecule has 6 heteroatoms. The van der Waals surface area contributed by atoms with Crippen LogP contribution in [0.15, 0.2) is 0 Å². The van der Waals surface area contributed by atoms with Crippen LogP contribution in [-0.4, -0.2) is 33.4 Å². The Kier molecular flexibility index (Phi) is 4.27. The van der Waals surface area contributed by atoms with E-state index in [1.165, 1.54) is 0 Å². The van der Waals surface area contributed by atoms with Crippen LogP contribution in [0.25, 0.3) is 0 Å². The Labute approximate surface area is 125 Å². The number of carbonyl (C=O) groups is 1. The van der Waals surface area contributed by atoms with E-state index >= 15 is 0 Å². The van der Waals surface area contributed by atoms with E-state index in [0.29, 0.717) is 24.9 Å². The Bertz CT molecular complexity index is 512. The summed E-state index contributed by atoms with van der Waals surface area (Å²) in [6, 6.07) is 0. The van der Waals surface area contributed by atoms with Gasteiger partial charge in [0.25, 0.3) is 5.91 Å². The molecule has 1 aromatic rings. The van der Waals surface area contributed by atoms with Crippen molar-refractivity contribution in [3.8, 4) is 0 Å². The molecule has 1 heterocycles. The van der Waals surface area contributed by atoms with Gasteiger partial charge < -0.3 is 16.2 Å². The molecule has 0 radical (unpaired) electrons. The molecule has 0 saturated heterocycles. The van der Waals surface area contributed by atoms with E-state index in [-0.39, 0.29) is 23.6 Å². The average molecular weight is 294 g/mol. The number of aromatic nitrogens is 2. The molecule has 1 fully saturated rings. The lowest BCUT2D eigenvalue weighted by molar-refractivity contribution is -0.0233. The van der Waals surface area contributed by atoms with Crippen LogP contribution >= 0.6 is 0 Å². The standard InChI is InChI=1S/C15H26N4O2/c1-4-10-11(16)12(19-18-10)13(20)17-9-15(21)7-5-14(2,3)6-8-15/h21H,4-9,16H2,1-3H3,(H,17,20)(H,18,19). The van der Waals surface area contributed by atoms with Gasteiger partial charge in [0.1, 0.15) is 0 Å². The van der Waals surface area contributed by atoms with Crippen molar-refractivity contribution in [3.05, 3.63) is 11.4 Å².